The Hall–Kier alpha value is 0.870. The summed E-state index contributed by atoms with van der Waals surface area (Å²) >= 11 is 15.2. The van der Waals surface area contributed by atoms with Gasteiger partial charge >= 0.3 is 0 Å². The Balaban J connectivity index is 0. The maximum absolute atomic E-state index is 5.06. The zero-order valence-electron chi connectivity index (χ0n) is 3.13. The van der Waals surface area contributed by atoms with Crippen molar-refractivity contribution in [1.29, 1.82) is 0 Å². The second-order valence-electron chi connectivity index (χ2n) is 0.781. The largest absolute Gasteiger partial charge is 0.187 e. The van der Waals surface area contributed by atoms with Gasteiger partial charge in [0.05, 0.1) is 0 Å². The molecule has 0 nitrogen and oxygen atoms in total. The molecular formula is C3H3Cl3. The molecule has 0 amide bonds. The van der Waals surface area contributed by atoms with Crippen LogP contribution in [0.3, 0.4) is 0 Å². The standard InChI is InChI=1S/C2H3Cl3.C/c1-2(3,4)5;/h1H3;. The van der Waals surface area contributed by atoms with Crippen molar-refractivity contribution in [3.63, 3.8) is 0 Å². The molecule has 0 aliphatic rings. The van der Waals surface area contributed by atoms with Gasteiger partial charge in [0.1, 0.15) is 0 Å². The van der Waals surface area contributed by atoms with Crippen LogP contribution in [0.4, 0.5) is 0 Å². The van der Waals surface area contributed by atoms with Crippen LogP contribution >= 0.6 is 34.8 Å². The van der Waals surface area contributed by atoms with Crippen molar-refractivity contribution >= 4 is 34.8 Å². The van der Waals surface area contributed by atoms with E-state index >= 15 is 0 Å². The van der Waals surface area contributed by atoms with E-state index in [2.05, 4.69) is 0 Å². The minimum atomic E-state index is -1.08. The molecule has 0 aliphatic heterocycles. The average molecular weight is 145 g/mol. The van der Waals surface area contributed by atoms with E-state index in [1.807, 2.05) is 0 Å². The zero-order valence-corrected chi connectivity index (χ0v) is 5.40. The Bertz CT molecular complexity index is 21.5. The molecule has 0 N–H and O–H groups in total. The molecule has 0 aliphatic carbocycles. The summed E-state index contributed by atoms with van der Waals surface area (Å²) in [5.74, 6) is 0. The highest BCUT2D eigenvalue weighted by Crippen LogP contribution is 2.23. The maximum atomic E-state index is 5.06. The molecule has 0 heterocycles. The summed E-state index contributed by atoms with van der Waals surface area (Å²) in [5.41, 5.74) is 0. The zero-order chi connectivity index (χ0) is 4.50. The van der Waals surface area contributed by atoms with Crippen molar-refractivity contribution in [3.8, 4) is 0 Å². The quantitative estimate of drug-likeness (QED) is 0.459. The summed E-state index contributed by atoms with van der Waals surface area (Å²) in [6.07, 6.45) is 0. The molecule has 0 fully saturated rings. The third-order valence-electron chi connectivity index (χ3n) is 0. The number of rotatable bonds is 0. The molecule has 0 saturated heterocycles. The molecular weight excluding hydrogens is 142 g/mol. The van der Waals surface area contributed by atoms with Crippen molar-refractivity contribution in [2.45, 2.75) is 10.7 Å². The second kappa shape index (κ2) is 2.95. The van der Waals surface area contributed by atoms with Crippen LogP contribution in [-0.2, 0) is 0 Å². The minimum absolute atomic E-state index is 0. The maximum Gasteiger partial charge on any atom is 0.187 e. The van der Waals surface area contributed by atoms with Crippen LogP contribution < -0.4 is 0 Å². The highest BCUT2D eigenvalue weighted by Gasteiger charge is 2.07. The predicted octanol–water partition coefficient (Wildman–Crippen LogP) is 2.46. The van der Waals surface area contributed by atoms with Gasteiger partial charge in [-0.05, 0) is 6.92 Å². The van der Waals surface area contributed by atoms with E-state index in [4.69, 9.17) is 34.8 Å². The van der Waals surface area contributed by atoms with Gasteiger partial charge in [-0.1, -0.05) is 34.8 Å². The lowest BCUT2D eigenvalue weighted by Gasteiger charge is -1.94. The molecule has 0 rings (SSSR count). The van der Waals surface area contributed by atoms with Gasteiger partial charge in [0.2, 0.25) is 0 Å². The van der Waals surface area contributed by atoms with Gasteiger partial charge in [0, 0.05) is 7.43 Å². The third kappa shape index (κ3) is 96.4. The molecule has 6 heavy (non-hydrogen) atoms. The van der Waals surface area contributed by atoms with E-state index in [0.717, 1.165) is 0 Å². The van der Waals surface area contributed by atoms with Gasteiger partial charge in [0.15, 0.2) is 3.79 Å². The fourth-order valence-corrected chi connectivity index (χ4v) is 0. The summed E-state index contributed by atoms with van der Waals surface area (Å²) < 4.78 is -1.08. The summed E-state index contributed by atoms with van der Waals surface area (Å²) in [6.45, 7) is 1.48. The summed E-state index contributed by atoms with van der Waals surface area (Å²) in [5, 5.41) is 0. The lowest BCUT2D eigenvalue weighted by molar-refractivity contribution is 1.27. The number of hydrogen-bond donors (Lipinski definition) is 0. The monoisotopic (exact) mass is 144 g/mol. The fraction of sp³-hybridized carbons (Fsp3) is 0.667. The molecule has 4 radical (unpaired) electrons. The highest BCUT2D eigenvalue weighted by atomic mass is 35.6. The van der Waals surface area contributed by atoms with Gasteiger partial charge in [0.25, 0.3) is 0 Å². The SMILES string of the molecule is CC(Cl)(Cl)Cl.[C]. The first-order chi connectivity index (χ1) is 2.00. The van der Waals surface area contributed by atoms with Crippen molar-refractivity contribution in [2.75, 3.05) is 0 Å². The van der Waals surface area contributed by atoms with Crippen LogP contribution in [0.15, 0.2) is 0 Å². The smallest absolute Gasteiger partial charge is 0.0840 e. The first-order valence-electron chi connectivity index (χ1n) is 1.07. The first kappa shape index (κ1) is 9.98. The molecule has 0 bridgehead atoms. The van der Waals surface area contributed by atoms with E-state index in [9.17, 15) is 0 Å². The summed E-state index contributed by atoms with van der Waals surface area (Å²) in [4.78, 5) is 0. The summed E-state index contributed by atoms with van der Waals surface area (Å²) in [6, 6.07) is 0. The van der Waals surface area contributed by atoms with Crippen molar-refractivity contribution in [1.82, 2.24) is 0 Å². The minimum Gasteiger partial charge on any atom is -0.0840 e. The van der Waals surface area contributed by atoms with E-state index in [1.54, 1.807) is 0 Å². The van der Waals surface area contributed by atoms with Crippen molar-refractivity contribution in [3.05, 3.63) is 7.43 Å². The molecule has 0 aromatic rings. The molecule has 0 saturated carbocycles. The van der Waals surface area contributed by atoms with Gasteiger partial charge < -0.3 is 0 Å². The lowest BCUT2D eigenvalue weighted by Crippen LogP contribution is -1.87. The Morgan fingerprint density at radius 3 is 1.17 bits per heavy atom. The number of hydrogen-bond acceptors (Lipinski definition) is 0. The normalized spacial score (nSPS) is 10.0. The van der Waals surface area contributed by atoms with E-state index in [-0.39, 0.29) is 7.43 Å². The molecule has 36 valence electrons. The highest BCUT2D eigenvalue weighted by molar-refractivity contribution is 6.67. The Labute approximate surface area is 53.4 Å². The predicted molar refractivity (Wildman–Crippen MR) is 29.2 cm³/mol. The third-order valence-corrected chi connectivity index (χ3v) is 0. The topological polar surface area (TPSA) is 0 Å². The lowest BCUT2D eigenvalue weighted by atomic mass is 10.9. The van der Waals surface area contributed by atoms with Crippen LogP contribution in [0, 0.1) is 7.43 Å². The van der Waals surface area contributed by atoms with Gasteiger partial charge in [-0.15, -0.1) is 0 Å². The molecule has 0 atom stereocenters. The average Bonchev–Trinajstić information content (AvgIpc) is 0.722. The summed E-state index contributed by atoms with van der Waals surface area (Å²) in [7, 11) is 0. The van der Waals surface area contributed by atoms with E-state index < -0.39 is 3.79 Å². The molecule has 3 heteroatoms. The van der Waals surface area contributed by atoms with Crippen LogP contribution in [0.25, 0.3) is 0 Å². The second-order valence-corrected chi connectivity index (χ2v) is 3.63. The van der Waals surface area contributed by atoms with Crippen LogP contribution in [-0.4, -0.2) is 3.79 Å². The van der Waals surface area contributed by atoms with Crippen LogP contribution in [0.2, 0.25) is 0 Å². The number of alkyl halides is 3. The molecule has 0 unspecified atom stereocenters. The van der Waals surface area contributed by atoms with Crippen LogP contribution in [0.1, 0.15) is 6.92 Å². The van der Waals surface area contributed by atoms with Gasteiger partial charge in [-0.3, -0.25) is 0 Å². The van der Waals surface area contributed by atoms with Crippen molar-refractivity contribution in [2.24, 2.45) is 0 Å². The van der Waals surface area contributed by atoms with E-state index in [0.29, 0.717) is 0 Å². The Morgan fingerprint density at radius 1 is 1.17 bits per heavy atom. The van der Waals surface area contributed by atoms with Crippen molar-refractivity contribution < 1.29 is 0 Å². The molecule has 0 spiro atoms. The Kier molecular flexibility index (Phi) is 4.91. The first-order valence-corrected chi connectivity index (χ1v) is 2.20. The van der Waals surface area contributed by atoms with E-state index in [1.165, 1.54) is 6.92 Å². The van der Waals surface area contributed by atoms with Gasteiger partial charge in [-0.2, -0.15) is 0 Å². The van der Waals surface area contributed by atoms with Gasteiger partial charge in [-0.25, -0.2) is 0 Å². The van der Waals surface area contributed by atoms with Crippen LogP contribution in [0.5, 0.6) is 0 Å². The number of halogens is 3. The molecule has 0 aromatic heterocycles. The Morgan fingerprint density at radius 2 is 1.17 bits per heavy atom. The fourth-order valence-electron chi connectivity index (χ4n) is 0. The molecule has 0 aromatic carbocycles.